The van der Waals surface area contributed by atoms with E-state index in [-0.39, 0.29) is 62.1 Å². The molecule has 3 atom stereocenters. The summed E-state index contributed by atoms with van der Waals surface area (Å²) in [6, 6.07) is 17.9. The van der Waals surface area contributed by atoms with E-state index in [9.17, 15) is 19.0 Å². The lowest BCUT2D eigenvalue weighted by Gasteiger charge is -2.45. The molecule has 58 heavy (non-hydrogen) atoms. The Morgan fingerprint density at radius 3 is 2.00 bits per heavy atom. The van der Waals surface area contributed by atoms with E-state index in [0.29, 0.717) is 88.8 Å². The van der Waals surface area contributed by atoms with Gasteiger partial charge < -0.3 is 33.9 Å². The van der Waals surface area contributed by atoms with Gasteiger partial charge >= 0.3 is 0 Å². The van der Waals surface area contributed by atoms with Crippen LogP contribution in [0.2, 0.25) is 0 Å². The van der Waals surface area contributed by atoms with Crippen LogP contribution in [0.25, 0.3) is 0 Å². The summed E-state index contributed by atoms with van der Waals surface area (Å²) in [6.07, 6.45) is 9.59. The number of halogens is 2. The summed E-state index contributed by atoms with van der Waals surface area (Å²) in [5, 5.41) is 21.7. The van der Waals surface area contributed by atoms with Gasteiger partial charge in [0.15, 0.2) is 0 Å². The molecule has 5 rings (SSSR count). The Kier molecular flexibility index (Phi) is 17.9. The standard InChI is InChI=1S/C45H63F2N5O6/c1-4-22-54-23-24-55-25-26-56-27-28-57-29-30-58-40-14-10-35(11-15-40)43(49)52(42(48)33(2)3)39-31-37-12-13-38(32-39)51(37)21-18-41(34-8-6-5-7-9-34)50-44(53)36-16-19-45(46,47)20-17-36/h1,5-11,14-15,33,36-39,41,48-49H,12-13,16-32H2,2-3H3,(H,50,53)/t37?,38?,39?,41-/m0/s1. The number of alkyl halides is 2. The lowest BCUT2D eigenvalue weighted by Crippen LogP contribution is -2.54. The van der Waals surface area contributed by atoms with E-state index in [1.54, 1.807) is 0 Å². The summed E-state index contributed by atoms with van der Waals surface area (Å²) >= 11 is 0. The molecule has 2 aromatic rings. The van der Waals surface area contributed by atoms with Crippen molar-refractivity contribution in [3.63, 3.8) is 0 Å². The molecule has 0 aromatic heterocycles. The van der Waals surface area contributed by atoms with Crippen molar-refractivity contribution in [1.29, 1.82) is 10.8 Å². The van der Waals surface area contributed by atoms with Gasteiger partial charge in [-0.2, -0.15) is 0 Å². The average Bonchev–Trinajstić information content (AvgIpc) is 3.45. The van der Waals surface area contributed by atoms with Crippen molar-refractivity contribution in [2.24, 2.45) is 11.8 Å². The molecule has 1 amide bonds. The number of nitrogens with one attached hydrogen (secondary N) is 3. The molecular formula is C45H63F2N5O6. The van der Waals surface area contributed by atoms with Crippen molar-refractivity contribution >= 4 is 17.6 Å². The topological polar surface area (TPSA) is 129 Å². The van der Waals surface area contributed by atoms with E-state index in [0.717, 1.165) is 43.4 Å². The van der Waals surface area contributed by atoms with Crippen LogP contribution in [-0.4, -0.2) is 117 Å². The Morgan fingerprint density at radius 1 is 0.862 bits per heavy atom. The van der Waals surface area contributed by atoms with E-state index in [2.05, 4.69) is 16.1 Å². The van der Waals surface area contributed by atoms with E-state index < -0.39 is 5.92 Å². The molecule has 2 aliphatic heterocycles. The minimum Gasteiger partial charge on any atom is -0.491 e. The van der Waals surface area contributed by atoms with Crippen LogP contribution in [0, 0.1) is 35.0 Å². The summed E-state index contributed by atoms with van der Waals surface area (Å²) in [7, 11) is 0. The van der Waals surface area contributed by atoms with Gasteiger partial charge in [-0.1, -0.05) is 50.1 Å². The van der Waals surface area contributed by atoms with Crippen LogP contribution in [0.1, 0.15) is 88.8 Å². The highest BCUT2D eigenvalue weighted by Gasteiger charge is 2.44. The first kappa shape index (κ1) is 45.2. The van der Waals surface area contributed by atoms with Crippen LogP contribution < -0.4 is 10.1 Å². The number of terminal acetylenes is 1. The second kappa shape index (κ2) is 23.0. The normalized spacial score (nSPS) is 21.0. The maximum absolute atomic E-state index is 13.8. The number of benzene rings is 2. The predicted octanol–water partition coefficient (Wildman–Crippen LogP) is 7.09. The van der Waals surface area contributed by atoms with Crippen molar-refractivity contribution in [1.82, 2.24) is 15.1 Å². The first-order chi connectivity index (χ1) is 28.1. The Morgan fingerprint density at radius 2 is 1.43 bits per heavy atom. The molecule has 318 valence electrons. The minimum atomic E-state index is -2.67. The van der Waals surface area contributed by atoms with Gasteiger partial charge in [0.25, 0.3) is 0 Å². The summed E-state index contributed by atoms with van der Waals surface area (Å²) in [4.78, 5) is 17.8. The van der Waals surface area contributed by atoms with Crippen molar-refractivity contribution < 1.29 is 37.3 Å². The van der Waals surface area contributed by atoms with Gasteiger partial charge in [0, 0.05) is 54.9 Å². The molecule has 0 radical (unpaired) electrons. The van der Waals surface area contributed by atoms with Gasteiger partial charge in [-0.25, -0.2) is 8.78 Å². The van der Waals surface area contributed by atoms with Gasteiger partial charge in [-0.05, 0) is 74.8 Å². The third-order valence-corrected chi connectivity index (χ3v) is 11.5. The number of amidine groups is 2. The second-order valence-corrected chi connectivity index (χ2v) is 15.9. The smallest absolute Gasteiger partial charge is 0.248 e. The number of hydrogen-bond donors (Lipinski definition) is 3. The Hall–Kier alpha value is -3.93. The van der Waals surface area contributed by atoms with Gasteiger partial charge in [0.1, 0.15) is 30.6 Å². The van der Waals surface area contributed by atoms with Crippen molar-refractivity contribution in [2.75, 3.05) is 66.0 Å². The van der Waals surface area contributed by atoms with Crippen LogP contribution in [0.3, 0.4) is 0 Å². The van der Waals surface area contributed by atoms with Crippen LogP contribution in [-0.2, 0) is 23.7 Å². The number of carbonyl (C=O) groups is 1. The number of nitrogens with zero attached hydrogens (tertiary/aromatic N) is 2. The Balaban J connectivity index is 1.08. The predicted molar refractivity (Wildman–Crippen MR) is 221 cm³/mol. The number of fused-ring (bicyclic) bond motifs is 2. The van der Waals surface area contributed by atoms with Crippen molar-refractivity contribution in [3.8, 4) is 18.1 Å². The first-order valence-corrected chi connectivity index (χ1v) is 21.0. The van der Waals surface area contributed by atoms with Crippen molar-refractivity contribution in [3.05, 3.63) is 65.7 Å². The minimum absolute atomic E-state index is 0.0219. The third-order valence-electron chi connectivity index (χ3n) is 11.5. The summed E-state index contributed by atoms with van der Waals surface area (Å²) in [6.45, 7) is 8.67. The molecule has 2 unspecified atom stereocenters. The molecule has 1 aliphatic carbocycles. The number of ether oxygens (including phenoxy) is 5. The monoisotopic (exact) mass is 807 g/mol. The maximum Gasteiger partial charge on any atom is 0.248 e. The SMILES string of the molecule is C#CCOCCOCCOCCOCCOc1ccc(C(=N)N(C(=N)C(C)C)C2CC3CCC(C2)N3CC[C@H](NC(=O)C2CCC(F)(F)CC2)c2ccccc2)cc1. The summed E-state index contributed by atoms with van der Waals surface area (Å²) in [5.74, 6) is 0.615. The number of amides is 1. The van der Waals surface area contributed by atoms with Gasteiger partial charge in [0.2, 0.25) is 11.8 Å². The molecule has 2 saturated heterocycles. The zero-order valence-electron chi connectivity index (χ0n) is 34.3. The fraction of sp³-hybridized carbons (Fsp3) is 0.622. The van der Waals surface area contributed by atoms with Gasteiger partial charge in [0.05, 0.1) is 52.3 Å². The summed E-state index contributed by atoms with van der Waals surface area (Å²) in [5.41, 5.74) is 1.75. The van der Waals surface area contributed by atoms with Crippen LogP contribution in [0.15, 0.2) is 54.6 Å². The summed E-state index contributed by atoms with van der Waals surface area (Å²) < 4.78 is 55.2. The molecule has 11 nitrogen and oxygen atoms in total. The van der Waals surface area contributed by atoms with Crippen LogP contribution >= 0.6 is 0 Å². The molecule has 2 bridgehead atoms. The van der Waals surface area contributed by atoms with Gasteiger partial charge in [-0.15, -0.1) is 6.42 Å². The fourth-order valence-electron chi connectivity index (χ4n) is 8.33. The first-order valence-electron chi connectivity index (χ1n) is 21.0. The number of rotatable bonds is 23. The van der Waals surface area contributed by atoms with E-state index in [1.165, 1.54) is 0 Å². The number of hydrogen-bond acceptors (Lipinski definition) is 9. The molecule has 3 aliphatic rings. The Bertz CT molecular complexity index is 1600. The molecule has 1 saturated carbocycles. The maximum atomic E-state index is 13.8. The average molecular weight is 808 g/mol. The number of piperidine rings is 1. The highest BCUT2D eigenvalue weighted by molar-refractivity contribution is 6.07. The quantitative estimate of drug-likeness (QED) is 0.0470. The van der Waals surface area contributed by atoms with E-state index in [4.69, 9.17) is 35.5 Å². The molecule has 2 heterocycles. The number of carbonyl (C=O) groups excluding carboxylic acids is 1. The largest absolute Gasteiger partial charge is 0.491 e. The molecule has 2 aromatic carbocycles. The van der Waals surface area contributed by atoms with Gasteiger partial charge in [-0.3, -0.25) is 20.5 Å². The second-order valence-electron chi connectivity index (χ2n) is 15.9. The van der Waals surface area contributed by atoms with E-state index >= 15 is 0 Å². The third kappa shape index (κ3) is 13.6. The lowest BCUT2D eigenvalue weighted by atomic mass is 9.86. The molecule has 0 spiro atoms. The van der Waals surface area contributed by atoms with E-state index in [1.807, 2.05) is 73.3 Å². The van der Waals surface area contributed by atoms with Crippen LogP contribution in [0.5, 0.6) is 5.75 Å². The van der Waals surface area contributed by atoms with Crippen LogP contribution in [0.4, 0.5) is 8.78 Å². The zero-order valence-corrected chi connectivity index (χ0v) is 34.3. The zero-order chi connectivity index (χ0) is 41.3. The molecule has 3 fully saturated rings. The highest BCUT2D eigenvalue weighted by Crippen LogP contribution is 2.40. The molecular weight excluding hydrogens is 745 g/mol. The highest BCUT2D eigenvalue weighted by atomic mass is 19.3. The lowest BCUT2D eigenvalue weighted by molar-refractivity contribution is -0.130. The van der Waals surface area contributed by atoms with Crippen molar-refractivity contribution in [2.45, 2.75) is 102 Å². The fourth-order valence-corrected chi connectivity index (χ4v) is 8.33. The molecule has 13 heteroatoms. The Labute approximate surface area is 343 Å². The molecule has 3 N–H and O–H groups in total.